The van der Waals surface area contributed by atoms with Crippen LogP contribution in [0.5, 0.6) is 0 Å². The van der Waals surface area contributed by atoms with Crippen LogP contribution >= 0.6 is 12.6 Å². The van der Waals surface area contributed by atoms with Crippen LogP contribution in [0.2, 0.25) is 0 Å². The monoisotopic (exact) mass is 277 g/mol. The summed E-state index contributed by atoms with van der Waals surface area (Å²) in [6.45, 7) is 0.458. The predicted molar refractivity (Wildman–Crippen MR) is 67.6 cm³/mol. The van der Waals surface area contributed by atoms with Gasteiger partial charge in [-0.2, -0.15) is 0 Å². The Kier molecular flexibility index (Phi) is 5.90. The third-order valence-electron chi connectivity index (χ3n) is 3.07. The Hall–Kier alpha value is -0.790. The first-order valence-corrected chi connectivity index (χ1v) is 6.29. The van der Waals surface area contributed by atoms with Crippen LogP contribution in [0.1, 0.15) is 19.3 Å². The molecule has 0 radical (unpaired) electrons. The summed E-state index contributed by atoms with van der Waals surface area (Å²) in [6, 6.07) is -0.740. The molecule has 3 atom stereocenters. The highest BCUT2D eigenvalue weighted by Gasteiger charge is 2.37. The molecule has 7 heteroatoms. The van der Waals surface area contributed by atoms with E-state index >= 15 is 0 Å². The van der Waals surface area contributed by atoms with E-state index in [9.17, 15) is 9.59 Å². The molecule has 0 spiro atoms. The molecular weight excluding hydrogens is 258 g/mol. The second-order valence-corrected chi connectivity index (χ2v) is 4.75. The highest BCUT2D eigenvalue weighted by Crippen LogP contribution is 2.21. The first-order valence-electron chi connectivity index (χ1n) is 5.78. The van der Waals surface area contributed by atoms with Crippen molar-refractivity contribution in [2.24, 2.45) is 0 Å². The fourth-order valence-corrected chi connectivity index (χ4v) is 2.24. The number of hydrogen-bond acceptors (Lipinski definition) is 5. The Labute approximate surface area is 112 Å². The number of nitrogens with zero attached hydrogens (tertiary/aromatic N) is 1. The standard InChI is InChI=1S/C11H19NO5S/c1-16-8(6-9(18)17-2)10(13)12-5-3-4-7(12)11(14)15/h7-9,18H,3-6H2,1-2H3,(H,14,15)/t7-,8+,9?/m0/s1. The molecule has 0 bridgehead atoms. The van der Waals surface area contributed by atoms with Crippen LogP contribution in [-0.4, -0.2) is 60.2 Å². The van der Waals surface area contributed by atoms with Crippen molar-refractivity contribution in [1.29, 1.82) is 0 Å². The Morgan fingerprint density at radius 3 is 2.61 bits per heavy atom. The molecule has 1 N–H and O–H groups in total. The lowest BCUT2D eigenvalue weighted by Crippen LogP contribution is -2.46. The number of carboxylic acid groups (broad SMARTS) is 1. The summed E-state index contributed by atoms with van der Waals surface area (Å²) < 4.78 is 10.1. The van der Waals surface area contributed by atoms with Gasteiger partial charge >= 0.3 is 5.97 Å². The summed E-state index contributed by atoms with van der Waals surface area (Å²) in [5, 5.41) is 9.04. The molecule has 1 aliphatic rings. The maximum Gasteiger partial charge on any atom is 0.326 e. The number of carbonyl (C=O) groups excluding carboxylic acids is 1. The molecule has 1 fully saturated rings. The van der Waals surface area contributed by atoms with Gasteiger partial charge in [0.2, 0.25) is 0 Å². The van der Waals surface area contributed by atoms with E-state index in [1.165, 1.54) is 19.1 Å². The number of thiol groups is 1. The molecule has 1 amide bonds. The van der Waals surface area contributed by atoms with Gasteiger partial charge in [0.05, 0.1) is 0 Å². The van der Waals surface area contributed by atoms with Crippen LogP contribution in [0.4, 0.5) is 0 Å². The SMILES string of the molecule is COC(S)C[C@@H](OC)C(=O)N1CCC[C@H]1C(=O)O. The Bertz CT molecular complexity index is 312. The van der Waals surface area contributed by atoms with Crippen LogP contribution in [0.3, 0.4) is 0 Å². The third kappa shape index (κ3) is 3.60. The average Bonchev–Trinajstić information content (AvgIpc) is 2.83. The number of likely N-dealkylation sites (tertiary alicyclic amines) is 1. The summed E-state index contributed by atoms with van der Waals surface area (Å²) in [5.41, 5.74) is -0.412. The second kappa shape index (κ2) is 6.96. The van der Waals surface area contributed by atoms with Gasteiger partial charge in [0.15, 0.2) is 0 Å². The topological polar surface area (TPSA) is 76.1 Å². The Morgan fingerprint density at radius 1 is 1.44 bits per heavy atom. The third-order valence-corrected chi connectivity index (χ3v) is 3.49. The van der Waals surface area contributed by atoms with Crippen LogP contribution in [0, 0.1) is 0 Å². The van der Waals surface area contributed by atoms with Gasteiger partial charge in [0, 0.05) is 27.2 Å². The molecule has 0 aromatic heterocycles. The molecule has 1 heterocycles. The van der Waals surface area contributed by atoms with E-state index in [1.54, 1.807) is 0 Å². The molecular formula is C11H19NO5S. The summed E-state index contributed by atoms with van der Waals surface area (Å²) in [4.78, 5) is 24.6. The van der Waals surface area contributed by atoms with E-state index in [1.807, 2.05) is 0 Å². The molecule has 1 aliphatic heterocycles. The number of hydrogen-bond donors (Lipinski definition) is 2. The van der Waals surface area contributed by atoms with E-state index in [4.69, 9.17) is 14.6 Å². The first-order chi connectivity index (χ1) is 8.51. The minimum absolute atomic E-state index is 0.289. The zero-order valence-electron chi connectivity index (χ0n) is 10.5. The van der Waals surface area contributed by atoms with Gasteiger partial charge in [-0.05, 0) is 12.8 Å². The van der Waals surface area contributed by atoms with Gasteiger partial charge in [-0.3, -0.25) is 4.79 Å². The molecule has 1 rings (SSSR count). The van der Waals surface area contributed by atoms with Gasteiger partial charge in [-0.25, -0.2) is 4.79 Å². The van der Waals surface area contributed by atoms with E-state index in [2.05, 4.69) is 12.6 Å². The molecule has 104 valence electrons. The summed E-state index contributed by atoms with van der Waals surface area (Å²) in [6.07, 6.45) is 0.768. The lowest BCUT2D eigenvalue weighted by atomic mass is 10.2. The van der Waals surface area contributed by atoms with Gasteiger partial charge in [-0.1, -0.05) is 0 Å². The van der Waals surface area contributed by atoms with E-state index < -0.39 is 23.6 Å². The van der Waals surface area contributed by atoms with Crippen molar-refractivity contribution in [3.63, 3.8) is 0 Å². The van der Waals surface area contributed by atoms with E-state index in [0.29, 0.717) is 19.4 Å². The van der Waals surface area contributed by atoms with Gasteiger partial charge < -0.3 is 19.5 Å². The number of ether oxygens (including phenoxy) is 2. The van der Waals surface area contributed by atoms with Crippen molar-refractivity contribution in [2.45, 2.75) is 36.8 Å². The largest absolute Gasteiger partial charge is 0.480 e. The normalized spacial score (nSPS) is 22.8. The zero-order valence-corrected chi connectivity index (χ0v) is 11.4. The van der Waals surface area contributed by atoms with E-state index in [-0.39, 0.29) is 12.3 Å². The minimum Gasteiger partial charge on any atom is -0.480 e. The van der Waals surface area contributed by atoms with Crippen molar-refractivity contribution < 1.29 is 24.2 Å². The first kappa shape index (κ1) is 15.3. The van der Waals surface area contributed by atoms with Gasteiger partial charge in [0.25, 0.3) is 5.91 Å². The minimum atomic E-state index is -0.968. The molecule has 6 nitrogen and oxygen atoms in total. The summed E-state index contributed by atoms with van der Waals surface area (Å²) in [7, 11) is 2.91. The number of rotatable bonds is 6. The fourth-order valence-electron chi connectivity index (χ4n) is 2.05. The highest BCUT2D eigenvalue weighted by molar-refractivity contribution is 7.80. The summed E-state index contributed by atoms with van der Waals surface area (Å²) in [5.74, 6) is -1.27. The molecule has 0 aromatic carbocycles. The lowest BCUT2D eigenvalue weighted by Gasteiger charge is -2.26. The van der Waals surface area contributed by atoms with Crippen LogP contribution < -0.4 is 0 Å². The molecule has 0 aromatic rings. The van der Waals surface area contributed by atoms with Crippen molar-refractivity contribution in [3.8, 4) is 0 Å². The average molecular weight is 277 g/mol. The number of carbonyl (C=O) groups is 2. The number of methoxy groups -OCH3 is 2. The lowest BCUT2D eigenvalue weighted by molar-refractivity contribution is -0.153. The molecule has 18 heavy (non-hydrogen) atoms. The van der Waals surface area contributed by atoms with Crippen molar-refractivity contribution in [1.82, 2.24) is 4.90 Å². The molecule has 1 unspecified atom stereocenters. The quantitative estimate of drug-likeness (QED) is 0.542. The predicted octanol–water partition coefficient (Wildman–Crippen LogP) is 0.369. The second-order valence-electron chi connectivity index (χ2n) is 4.18. The van der Waals surface area contributed by atoms with Crippen molar-refractivity contribution in [2.75, 3.05) is 20.8 Å². The van der Waals surface area contributed by atoms with E-state index in [0.717, 1.165) is 0 Å². The highest BCUT2D eigenvalue weighted by atomic mass is 32.1. The maximum atomic E-state index is 12.2. The van der Waals surface area contributed by atoms with Crippen molar-refractivity contribution in [3.05, 3.63) is 0 Å². The van der Waals surface area contributed by atoms with Crippen LogP contribution in [0.15, 0.2) is 0 Å². The van der Waals surface area contributed by atoms with Crippen molar-refractivity contribution >= 4 is 24.5 Å². The smallest absolute Gasteiger partial charge is 0.326 e. The fraction of sp³-hybridized carbons (Fsp3) is 0.818. The maximum absolute atomic E-state index is 12.2. The zero-order chi connectivity index (χ0) is 13.7. The summed E-state index contributed by atoms with van der Waals surface area (Å²) >= 11 is 4.13. The van der Waals surface area contributed by atoms with Crippen LogP contribution in [-0.2, 0) is 19.1 Å². The van der Waals surface area contributed by atoms with Gasteiger partial charge in [-0.15, -0.1) is 12.6 Å². The van der Waals surface area contributed by atoms with Crippen LogP contribution in [0.25, 0.3) is 0 Å². The molecule has 0 aliphatic carbocycles. The number of aliphatic carboxylic acids is 1. The Morgan fingerprint density at radius 2 is 2.11 bits per heavy atom. The number of amides is 1. The Balaban J connectivity index is 2.68. The number of carboxylic acids is 1. The molecule has 1 saturated heterocycles. The molecule has 0 saturated carbocycles. The van der Waals surface area contributed by atoms with Gasteiger partial charge in [0.1, 0.15) is 17.6 Å².